The lowest BCUT2D eigenvalue weighted by atomic mass is 9.87. The van der Waals surface area contributed by atoms with Gasteiger partial charge in [-0.05, 0) is 29.2 Å². The van der Waals surface area contributed by atoms with E-state index < -0.39 is 14.6 Å². The molecule has 1 saturated heterocycles. The van der Waals surface area contributed by atoms with Gasteiger partial charge in [0, 0.05) is 24.9 Å². The largest absolute Gasteiger partial charge is 0.335 e. The predicted octanol–water partition coefficient (Wildman–Crippen LogP) is 3.79. The van der Waals surface area contributed by atoms with E-state index in [0.717, 1.165) is 5.56 Å². The molecule has 1 aliphatic rings. The minimum atomic E-state index is -4.08. The average Bonchev–Trinajstić information content (AvgIpc) is 2.52. The molecule has 1 aliphatic heterocycles. The summed E-state index contributed by atoms with van der Waals surface area (Å²) in [6, 6.07) is 16.4. The third-order valence-electron chi connectivity index (χ3n) is 5.17. The summed E-state index contributed by atoms with van der Waals surface area (Å²) in [6.45, 7) is 6.72. The van der Waals surface area contributed by atoms with Gasteiger partial charge in [-0.1, -0.05) is 57.2 Å². The molecule has 26 heavy (non-hydrogen) atoms. The van der Waals surface area contributed by atoms with Gasteiger partial charge in [0.25, 0.3) is 5.91 Å². The molecule has 0 radical (unpaired) electrons. The Bertz CT molecular complexity index is 887. The SMILES string of the molecule is CC(C)(C)c1ccccc1S(C)(=O)(O)C1CN(C(=O)c2ccccc2)C1. The number of nitrogens with zero attached hydrogens (tertiary/aromatic N) is 1. The molecule has 1 amide bonds. The monoisotopic (exact) mass is 373 g/mol. The van der Waals surface area contributed by atoms with E-state index in [0.29, 0.717) is 23.5 Å². The Kier molecular flexibility index (Phi) is 4.36. The lowest BCUT2D eigenvalue weighted by molar-refractivity contribution is 0.0653. The van der Waals surface area contributed by atoms with Crippen molar-refractivity contribution in [2.75, 3.05) is 19.3 Å². The second kappa shape index (κ2) is 6.03. The van der Waals surface area contributed by atoms with Gasteiger partial charge in [-0.3, -0.25) is 9.35 Å². The van der Waals surface area contributed by atoms with Crippen LogP contribution in [0.3, 0.4) is 0 Å². The molecule has 0 saturated carbocycles. The molecule has 4 nitrogen and oxygen atoms in total. The fraction of sp³-hybridized carbons (Fsp3) is 0.381. The number of rotatable bonds is 3. The number of amides is 1. The Morgan fingerprint density at radius 3 is 2.15 bits per heavy atom. The Hall–Kier alpha value is -1.98. The highest BCUT2D eigenvalue weighted by molar-refractivity contribution is 8.15. The van der Waals surface area contributed by atoms with Gasteiger partial charge in [-0.2, -0.15) is 9.35 Å². The molecular weight excluding hydrogens is 346 g/mol. The van der Waals surface area contributed by atoms with Gasteiger partial charge in [-0.15, -0.1) is 0 Å². The van der Waals surface area contributed by atoms with Crippen molar-refractivity contribution in [2.24, 2.45) is 0 Å². The molecular formula is C21H27NO3S. The van der Waals surface area contributed by atoms with Gasteiger partial charge < -0.3 is 4.90 Å². The maximum atomic E-state index is 13.8. The molecule has 0 atom stereocenters. The molecule has 5 heteroatoms. The third kappa shape index (κ3) is 3.21. The average molecular weight is 374 g/mol. The van der Waals surface area contributed by atoms with Crippen LogP contribution < -0.4 is 0 Å². The first-order valence-electron chi connectivity index (χ1n) is 8.81. The zero-order valence-corrected chi connectivity index (χ0v) is 16.6. The molecule has 1 fully saturated rings. The highest BCUT2D eigenvalue weighted by Crippen LogP contribution is 2.43. The van der Waals surface area contributed by atoms with Gasteiger partial charge in [0.2, 0.25) is 0 Å². The third-order valence-corrected chi connectivity index (χ3v) is 8.47. The van der Waals surface area contributed by atoms with Crippen LogP contribution in [0.25, 0.3) is 0 Å². The number of carbonyl (C=O) groups excluding carboxylic acids is 1. The summed E-state index contributed by atoms with van der Waals surface area (Å²) >= 11 is 0. The first kappa shape index (κ1) is 18.8. The lowest BCUT2D eigenvalue weighted by Gasteiger charge is -2.55. The van der Waals surface area contributed by atoms with E-state index in [-0.39, 0.29) is 11.3 Å². The molecule has 1 heterocycles. The second-order valence-electron chi connectivity index (χ2n) is 8.30. The van der Waals surface area contributed by atoms with Crippen molar-refractivity contribution in [3.05, 3.63) is 65.7 Å². The van der Waals surface area contributed by atoms with E-state index in [1.807, 2.05) is 57.2 Å². The zero-order valence-electron chi connectivity index (χ0n) is 15.8. The van der Waals surface area contributed by atoms with Crippen molar-refractivity contribution in [1.29, 1.82) is 0 Å². The summed E-state index contributed by atoms with van der Waals surface area (Å²) in [4.78, 5) is 14.7. The number of benzene rings is 2. The maximum Gasteiger partial charge on any atom is 0.253 e. The van der Waals surface area contributed by atoms with Crippen LogP contribution in [0, 0.1) is 0 Å². The van der Waals surface area contributed by atoms with Crippen LogP contribution in [0.4, 0.5) is 0 Å². The van der Waals surface area contributed by atoms with Crippen molar-refractivity contribution < 1.29 is 13.6 Å². The van der Waals surface area contributed by atoms with E-state index in [1.165, 1.54) is 6.26 Å². The van der Waals surface area contributed by atoms with Crippen LogP contribution >= 0.6 is 0 Å². The Labute approximate surface area is 155 Å². The molecule has 0 bridgehead atoms. The van der Waals surface area contributed by atoms with Crippen molar-refractivity contribution in [1.82, 2.24) is 4.90 Å². The lowest BCUT2D eigenvalue weighted by Crippen LogP contribution is -2.64. The highest BCUT2D eigenvalue weighted by atomic mass is 32.3. The summed E-state index contributed by atoms with van der Waals surface area (Å²) in [5.74, 6) is -0.0888. The van der Waals surface area contributed by atoms with Gasteiger partial charge in [-0.25, -0.2) is 4.21 Å². The maximum absolute atomic E-state index is 13.8. The molecule has 0 spiro atoms. The van der Waals surface area contributed by atoms with Gasteiger partial charge in [0.1, 0.15) is 0 Å². The highest BCUT2D eigenvalue weighted by Gasteiger charge is 2.46. The number of hydrogen-bond donors (Lipinski definition) is 1. The van der Waals surface area contributed by atoms with E-state index in [9.17, 15) is 13.6 Å². The van der Waals surface area contributed by atoms with Crippen LogP contribution in [0.2, 0.25) is 0 Å². The molecule has 1 N–H and O–H groups in total. The van der Waals surface area contributed by atoms with Crippen LogP contribution in [0.5, 0.6) is 0 Å². The fourth-order valence-electron chi connectivity index (χ4n) is 3.42. The van der Waals surface area contributed by atoms with Crippen molar-refractivity contribution in [3.8, 4) is 0 Å². The van der Waals surface area contributed by atoms with Gasteiger partial charge in [0.15, 0.2) is 0 Å². The smallest absolute Gasteiger partial charge is 0.253 e. The molecule has 140 valence electrons. The summed E-state index contributed by atoms with van der Waals surface area (Å²) in [6.07, 6.45) is 1.46. The number of likely N-dealkylation sites (tertiary alicyclic amines) is 1. The van der Waals surface area contributed by atoms with Crippen LogP contribution in [0.15, 0.2) is 59.5 Å². The first-order valence-corrected chi connectivity index (χ1v) is 11.2. The minimum Gasteiger partial charge on any atom is -0.335 e. The Morgan fingerprint density at radius 1 is 1.04 bits per heavy atom. The van der Waals surface area contributed by atoms with E-state index >= 15 is 0 Å². The van der Waals surface area contributed by atoms with Crippen molar-refractivity contribution in [2.45, 2.75) is 36.3 Å². The molecule has 2 aromatic rings. The standard InChI is InChI=1S/C21H27NO3S/c1-21(2,3)18-12-8-9-13-19(18)26(4,24,25)17-14-22(15-17)20(23)16-10-6-5-7-11-16/h5-13,17H,14-15H2,1-4H3,(H,24,25). The summed E-state index contributed by atoms with van der Waals surface area (Å²) in [5.41, 5.74) is 1.26. The van der Waals surface area contributed by atoms with Crippen LogP contribution in [-0.4, -0.2) is 44.2 Å². The fourth-order valence-corrected chi connectivity index (χ4v) is 6.16. The molecule has 3 rings (SSSR count). The van der Waals surface area contributed by atoms with Crippen molar-refractivity contribution >= 4 is 15.3 Å². The molecule has 0 aliphatic carbocycles. The zero-order chi connectivity index (χ0) is 19.2. The second-order valence-corrected chi connectivity index (χ2v) is 12.1. The van der Waals surface area contributed by atoms with Crippen LogP contribution in [-0.2, 0) is 14.8 Å². The Morgan fingerprint density at radius 2 is 1.58 bits per heavy atom. The normalized spacial score (nSPS) is 17.3. The quantitative estimate of drug-likeness (QED) is 0.890. The minimum absolute atomic E-state index is 0.0888. The Balaban J connectivity index is 1.87. The number of carbonyl (C=O) groups is 1. The van der Waals surface area contributed by atoms with E-state index in [2.05, 4.69) is 0 Å². The topological polar surface area (TPSA) is 57.6 Å². The molecule has 0 unspecified atom stereocenters. The van der Waals surface area contributed by atoms with Crippen LogP contribution in [0.1, 0.15) is 36.7 Å². The van der Waals surface area contributed by atoms with Crippen molar-refractivity contribution in [3.63, 3.8) is 0 Å². The first-order chi connectivity index (χ1) is 12.0. The van der Waals surface area contributed by atoms with Gasteiger partial charge >= 0.3 is 0 Å². The molecule has 0 aromatic heterocycles. The summed E-state index contributed by atoms with van der Waals surface area (Å²) in [5, 5.41) is -0.455. The number of hydrogen-bond acceptors (Lipinski definition) is 2. The van der Waals surface area contributed by atoms with E-state index in [4.69, 9.17) is 0 Å². The van der Waals surface area contributed by atoms with Gasteiger partial charge in [0.05, 0.1) is 10.1 Å². The summed E-state index contributed by atoms with van der Waals surface area (Å²) in [7, 11) is -4.08. The molecule has 2 aromatic carbocycles. The van der Waals surface area contributed by atoms with E-state index in [1.54, 1.807) is 23.1 Å². The predicted molar refractivity (Wildman–Crippen MR) is 106 cm³/mol. The summed E-state index contributed by atoms with van der Waals surface area (Å²) < 4.78 is 25.1.